The number of anilines is 1. The Kier molecular flexibility index (Phi) is 5.62. The van der Waals surface area contributed by atoms with Gasteiger partial charge in [-0.15, -0.1) is 11.8 Å². The molecule has 0 aliphatic rings. The molecular weight excluding hydrogens is 360 g/mol. The third kappa shape index (κ3) is 4.66. The van der Waals surface area contributed by atoms with E-state index in [0.29, 0.717) is 34.3 Å². The van der Waals surface area contributed by atoms with Gasteiger partial charge in [0.1, 0.15) is 11.6 Å². The molecule has 26 heavy (non-hydrogen) atoms. The molecule has 3 aromatic rings. The van der Waals surface area contributed by atoms with Gasteiger partial charge in [0, 0.05) is 11.3 Å². The van der Waals surface area contributed by atoms with E-state index in [2.05, 4.69) is 15.5 Å². The highest BCUT2D eigenvalue weighted by Gasteiger charge is 2.11. The van der Waals surface area contributed by atoms with Crippen molar-refractivity contribution in [1.82, 2.24) is 10.1 Å². The fourth-order valence-electron chi connectivity index (χ4n) is 2.16. The van der Waals surface area contributed by atoms with Gasteiger partial charge >= 0.3 is 0 Å². The lowest BCUT2D eigenvalue weighted by Crippen LogP contribution is -2.14. The Labute approximate surface area is 152 Å². The number of thioether (sulfide) groups is 1. The molecule has 0 bridgehead atoms. The average Bonchev–Trinajstić information content (AvgIpc) is 3.06. The average molecular weight is 375 g/mol. The molecule has 0 aliphatic carbocycles. The van der Waals surface area contributed by atoms with Gasteiger partial charge in [0.2, 0.25) is 17.6 Å². The molecule has 0 fully saturated rings. The van der Waals surface area contributed by atoms with Crippen molar-refractivity contribution in [2.75, 3.05) is 11.1 Å². The van der Waals surface area contributed by atoms with Crippen LogP contribution in [-0.4, -0.2) is 21.8 Å². The van der Waals surface area contributed by atoms with Gasteiger partial charge in [-0.2, -0.15) is 4.98 Å². The van der Waals surface area contributed by atoms with E-state index in [1.165, 1.54) is 36.0 Å². The largest absolute Gasteiger partial charge is 0.338 e. The monoisotopic (exact) mass is 375 g/mol. The summed E-state index contributed by atoms with van der Waals surface area (Å²) in [5.74, 6) is 0.0958. The molecular formula is C18H15F2N3O2S. The van der Waals surface area contributed by atoms with Crippen LogP contribution in [0.15, 0.2) is 47.0 Å². The molecule has 0 aliphatic heterocycles. The number of carbonyl (C=O) groups excluding carboxylic acids is 1. The van der Waals surface area contributed by atoms with Crippen LogP contribution >= 0.6 is 11.8 Å². The molecule has 0 radical (unpaired) electrons. The molecule has 1 aromatic heterocycles. The van der Waals surface area contributed by atoms with Gasteiger partial charge in [-0.25, -0.2) is 8.78 Å². The van der Waals surface area contributed by atoms with E-state index < -0.39 is 5.82 Å². The van der Waals surface area contributed by atoms with Gasteiger partial charge < -0.3 is 9.84 Å². The topological polar surface area (TPSA) is 68.0 Å². The van der Waals surface area contributed by atoms with Gasteiger partial charge in [0.15, 0.2) is 0 Å². The number of nitrogens with zero attached hydrogens (tertiary/aromatic N) is 2. The Balaban J connectivity index is 1.51. The molecule has 5 nitrogen and oxygen atoms in total. The van der Waals surface area contributed by atoms with Gasteiger partial charge in [0.05, 0.1) is 11.5 Å². The van der Waals surface area contributed by atoms with Crippen LogP contribution in [0.25, 0.3) is 11.4 Å². The molecule has 0 unspecified atom stereocenters. The second-order valence-electron chi connectivity index (χ2n) is 5.53. The van der Waals surface area contributed by atoms with E-state index in [1.807, 2.05) is 0 Å². The lowest BCUT2D eigenvalue weighted by Gasteiger charge is -2.04. The zero-order valence-electron chi connectivity index (χ0n) is 13.8. The van der Waals surface area contributed by atoms with Gasteiger partial charge in [-0.3, -0.25) is 4.79 Å². The molecule has 1 heterocycles. The van der Waals surface area contributed by atoms with Crippen LogP contribution in [0.3, 0.4) is 0 Å². The summed E-state index contributed by atoms with van der Waals surface area (Å²) < 4.78 is 31.8. The van der Waals surface area contributed by atoms with Crippen LogP contribution in [-0.2, 0) is 10.5 Å². The summed E-state index contributed by atoms with van der Waals surface area (Å²) in [6, 6.07) is 10.4. The number of hydrogen-bond acceptors (Lipinski definition) is 5. The number of aromatic nitrogens is 2. The van der Waals surface area contributed by atoms with Crippen molar-refractivity contribution in [3.8, 4) is 11.4 Å². The molecule has 2 aromatic carbocycles. The summed E-state index contributed by atoms with van der Waals surface area (Å²) >= 11 is 1.28. The Morgan fingerprint density at radius 1 is 1.23 bits per heavy atom. The number of rotatable bonds is 6. The third-order valence-corrected chi connectivity index (χ3v) is 4.38. The highest BCUT2D eigenvalue weighted by molar-refractivity contribution is 7.99. The number of benzene rings is 2. The van der Waals surface area contributed by atoms with E-state index in [-0.39, 0.29) is 17.5 Å². The normalized spacial score (nSPS) is 10.7. The minimum Gasteiger partial charge on any atom is -0.338 e. The first-order valence-electron chi connectivity index (χ1n) is 7.73. The Morgan fingerprint density at radius 3 is 2.85 bits per heavy atom. The maximum absolute atomic E-state index is 13.6. The first kappa shape index (κ1) is 18.1. The minimum absolute atomic E-state index is 0.146. The maximum Gasteiger partial charge on any atom is 0.236 e. The predicted molar refractivity (Wildman–Crippen MR) is 95.6 cm³/mol. The SMILES string of the molecule is Cc1ccc(-c2noc(CSCC(=O)Nc3cccc(F)c3)n2)cc1F. The predicted octanol–water partition coefficient (Wildman–Crippen LogP) is 4.20. The van der Waals surface area contributed by atoms with Crippen LogP contribution in [0.1, 0.15) is 11.5 Å². The molecule has 1 amide bonds. The van der Waals surface area contributed by atoms with Crippen LogP contribution in [0.2, 0.25) is 0 Å². The fraction of sp³-hybridized carbons (Fsp3) is 0.167. The Hall–Kier alpha value is -2.74. The van der Waals surface area contributed by atoms with E-state index in [9.17, 15) is 13.6 Å². The maximum atomic E-state index is 13.6. The number of nitrogens with one attached hydrogen (secondary N) is 1. The molecule has 0 spiro atoms. The van der Waals surface area contributed by atoms with E-state index in [4.69, 9.17) is 4.52 Å². The van der Waals surface area contributed by atoms with Crippen molar-refractivity contribution in [2.45, 2.75) is 12.7 Å². The summed E-state index contributed by atoms with van der Waals surface area (Å²) in [6.07, 6.45) is 0. The van der Waals surface area contributed by atoms with E-state index in [1.54, 1.807) is 25.1 Å². The minimum atomic E-state index is -0.415. The third-order valence-electron chi connectivity index (χ3n) is 3.47. The number of hydrogen-bond donors (Lipinski definition) is 1. The first-order valence-corrected chi connectivity index (χ1v) is 8.89. The number of aryl methyl sites for hydroxylation is 1. The summed E-state index contributed by atoms with van der Waals surface area (Å²) in [5.41, 5.74) is 1.46. The van der Waals surface area contributed by atoms with Crippen molar-refractivity contribution in [1.29, 1.82) is 0 Å². The highest BCUT2D eigenvalue weighted by Crippen LogP contribution is 2.20. The smallest absolute Gasteiger partial charge is 0.236 e. The van der Waals surface area contributed by atoms with Crippen LogP contribution in [0, 0.1) is 18.6 Å². The molecule has 1 N–H and O–H groups in total. The first-order chi connectivity index (χ1) is 12.5. The van der Waals surface area contributed by atoms with E-state index in [0.717, 1.165) is 0 Å². The second-order valence-corrected chi connectivity index (χ2v) is 6.51. The molecule has 8 heteroatoms. The van der Waals surface area contributed by atoms with Crippen LogP contribution in [0.5, 0.6) is 0 Å². The van der Waals surface area contributed by atoms with Crippen molar-refractivity contribution in [3.63, 3.8) is 0 Å². The molecule has 0 saturated heterocycles. The fourth-order valence-corrected chi connectivity index (χ4v) is 2.81. The summed E-state index contributed by atoms with van der Waals surface area (Å²) in [5, 5.41) is 6.43. The number of halogens is 2. The van der Waals surface area contributed by atoms with Gasteiger partial charge in [-0.05, 0) is 36.8 Å². The van der Waals surface area contributed by atoms with Crippen molar-refractivity contribution in [2.24, 2.45) is 0 Å². The highest BCUT2D eigenvalue weighted by atomic mass is 32.2. The summed E-state index contributed by atoms with van der Waals surface area (Å²) in [7, 11) is 0. The second kappa shape index (κ2) is 8.09. The standard InChI is InChI=1S/C18H15F2N3O2S/c1-11-5-6-12(7-15(11)20)18-22-17(25-23-18)10-26-9-16(24)21-14-4-2-3-13(19)8-14/h2-8H,9-10H2,1H3,(H,21,24). The van der Waals surface area contributed by atoms with Crippen LogP contribution < -0.4 is 5.32 Å². The molecule has 0 saturated carbocycles. The summed E-state index contributed by atoms with van der Waals surface area (Å²) in [6.45, 7) is 1.67. The Bertz CT molecular complexity index is 930. The number of carbonyl (C=O) groups is 1. The quantitative estimate of drug-likeness (QED) is 0.699. The van der Waals surface area contributed by atoms with Crippen molar-refractivity contribution < 1.29 is 18.1 Å². The molecule has 134 valence electrons. The Morgan fingerprint density at radius 2 is 2.08 bits per heavy atom. The zero-order chi connectivity index (χ0) is 18.5. The zero-order valence-corrected chi connectivity index (χ0v) is 14.6. The number of amides is 1. The summed E-state index contributed by atoms with van der Waals surface area (Å²) in [4.78, 5) is 16.0. The molecule has 3 rings (SSSR count). The van der Waals surface area contributed by atoms with E-state index >= 15 is 0 Å². The van der Waals surface area contributed by atoms with Crippen LogP contribution in [0.4, 0.5) is 14.5 Å². The molecule has 0 atom stereocenters. The lowest BCUT2D eigenvalue weighted by atomic mass is 10.1. The van der Waals surface area contributed by atoms with Gasteiger partial charge in [0.25, 0.3) is 0 Å². The van der Waals surface area contributed by atoms with Crippen molar-refractivity contribution in [3.05, 3.63) is 65.6 Å². The van der Waals surface area contributed by atoms with Gasteiger partial charge in [-0.1, -0.05) is 23.4 Å². The van der Waals surface area contributed by atoms with Crippen molar-refractivity contribution >= 4 is 23.4 Å². The lowest BCUT2D eigenvalue weighted by molar-refractivity contribution is -0.113.